The zero-order chi connectivity index (χ0) is 9.84. The molecule has 0 heterocycles. The molecule has 0 spiro atoms. The van der Waals surface area contributed by atoms with Gasteiger partial charge >= 0.3 is 6.09 Å². The van der Waals surface area contributed by atoms with Gasteiger partial charge in [-0.25, -0.2) is 9.48 Å². The third-order valence-corrected chi connectivity index (χ3v) is 1.79. The largest absolute Gasteiger partial charge is 0.440 e. The van der Waals surface area contributed by atoms with Crippen molar-refractivity contribution < 1.29 is 8.97 Å². The van der Waals surface area contributed by atoms with Crippen molar-refractivity contribution in [1.82, 2.24) is 4.90 Å². The van der Waals surface area contributed by atoms with E-state index in [2.05, 4.69) is 0 Å². The molecule has 3 heteroatoms. The molecule has 2 nitrogen and oxygen atoms in total. The van der Waals surface area contributed by atoms with E-state index < -0.39 is 0 Å². The lowest BCUT2D eigenvalue weighted by Gasteiger charge is -2.05. The zero-order valence-electron chi connectivity index (χ0n) is 8.16. The van der Waals surface area contributed by atoms with E-state index in [9.17, 15) is 4.39 Å². The summed E-state index contributed by atoms with van der Waals surface area (Å²) in [6.45, 7) is 0. The van der Waals surface area contributed by atoms with E-state index in [-0.39, 0.29) is 6.09 Å². The Bertz CT molecular complexity index is 304. The van der Waals surface area contributed by atoms with Crippen LogP contribution in [-0.2, 0) is 0 Å². The van der Waals surface area contributed by atoms with Crippen molar-refractivity contribution >= 4 is 11.8 Å². The van der Waals surface area contributed by atoms with Gasteiger partial charge in [0, 0.05) is 0 Å². The van der Waals surface area contributed by atoms with Gasteiger partial charge in [0.25, 0.3) is 0 Å². The maximum Gasteiger partial charge on any atom is 0.440 e. The molecule has 0 amide bonds. The van der Waals surface area contributed by atoms with E-state index in [0.717, 1.165) is 5.69 Å². The molecule has 0 N–H and O–H groups in total. The predicted molar refractivity (Wildman–Crippen MR) is 52.1 cm³/mol. The number of nitrogens with zero attached hydrogens (tertiary/aromatic N) is 2. The standard InChI is InChI=1S/C10H14FN2/c1-12(2)10(11)13(3)9-7-5-4-6-8-9/h4-8H,1-3H3/q+1. The van der Waals surface area contributed by atoms with Crippen LogP contribution in [0, 0.1) is 0 Å². The van der Waals surface area contributed by atoms with Crippen molar-refractivity contribution in [3.8, 4) is 0 Å². The topological polar surface area (TPSA) is 6.25 Å². The Morgan fingerprint density at radius 2 is 1.77 bits per heavy atom. The molecule has 1 aromatic rings. The van der Waals surface area contributed by atoms with Crippen LogP contribution < -0.4 is 0 Å². The lowest BCUT2D eigenvalue weighted by atomic mass is 10.3. The third kappa shape index (κ3) is 2.28. The average Bonchev–Trinajstić information content (AvgIpc) is 2.17. The smallest absolute Gasteiger partial charge is 0.241 e. The Labute approximate surface area is 77.9 Å². The zero-order valence-corrected chi connectivity index (χ0v) is 8.16. The second-order valence-corrected chi connectivity index (χ2v) is 3.06. The maximum absolute atomic E-state index is 13.4. The molecule has 1 aromatic carbocycles. The number of amidine groups is 1. The first kappa shape index (κ1) is 9.71. The number of rotatable bonds is 1. The molecular weight excluding hydrogens is 167 g/mol. The molecule has 0 unspecified atom stereocenters. The number of halogens is 1. The van der Waals surface area contributed by atoms with Crippen LogP contribution in [-0.4, -0.2) is 36.7 Å². The first-order valence-corrected chi connectivity index (χ1v) is 4.11. The lowest BCUT2D eigenvalue weighted by Crippen LogP contribution is -2.24. The molecule has 0 saturated carbocycles. The predicted octanol–water partition coefficient (Wildman–Crippen LogP) is 1.85. The Morgan fingerprint density at radius 1 is 1.23 bits per heavy atom. The van der Waals surface area contributed by atoms with Crippen LogP contribution in [0.1, 0.15) is 0 Å². The number of benzene rings is 1. The van der Waals surface area contributed by atoms with Crippen LogP contribution in [0.3, 0.4) is 0 Å². The van der Waals surface area contributed by atoms with E-state index in [1.54, 1.807) is 21.1 Å². The average molecular weight is 181 g/mol. The Hall–Kier alpha value is -1.38. The summed E-state index contributed by atoms with van der Waals surface area (Å²) < 4.78 is 14.9. The van der Waals surface area contributed by atoms with Crippen molar-refractivity contribution in [2.75, 3.05) is 21.1 Å². The molecule has 0 atom stereocenters. The van der Waals surface area contributed by atoms with E-state index in [1.807, 2.05) is 30.3 Å². The first-order chi connectivity index (χ1) is 6.13. The second kappa shape index (κ2) is 4.03. The highest BCUT2D eigenvalue weighted by atomic mass is 19.1. The molecule has 13 heavy (non-hydrogen) atoms. The van der Waals surface area contributed by atoms with E-state index in [4.69, 9.17) is 0 Å². The van der Waals surface area contributed by atoms with E-state index in [0.29, 0.717) is 0 Å². The van der Waals surface area contributed by atoms with Crippen molar-refractivity contribution in [2.24, 2.45) is 0 Å². The number of hydrogen-bond acceptors (Lipinski definition) is 0. The first-order valence-electron chi connectivity index (χ1n) is 4.11. The van der Waals surface area contributed by atoms with Gasteiger partial charge in [0.05, 0.1) is 21.1 Å². The van der Waals surface area contributed by atoms with Crippen molar-refractivity contribution in [2.45, 2.75) is 0 Å². The Balaban J connectivity index is 3.03. The summed E-state index contributed by atoms with van der Waals surface area (Å²) in [6.07, 6.45) is -0.272. The summed E-state index contributed by atoms with van der Waals surface area (Å²) >= 11 is 0. The summed E-state index contributed by atoms with van der Waals surface area (Å²) in [5.74, 6) is 0. The molecule has 0 radical (unpaired) electrons. The van der Waals surface area contributed by atoms with Crippen molar-refractivity contribution in [1.29, 1.82) is 0 Å². The van der Waals surface area contributed by atoms with Gasteiger partial charge in [0.15, 0.2) is 0 Å². The summed E-state index contributed by atoms with van der Waals surface area (Å²) in [5, 5.41) is 0. The molecule has 0 aliphatic heterocycles. The molecule has 0 aliphatic carbocycles. The van der Waals surface area contributed by atoms with Gasteiger partial charge < -0.3 is 0 Å². The van der Waals surface area contributed by atoms with Gasteiger partial charge in [0.1, 0.15) is 5.69 Å². The van der Waals surface area contributed by atoms with Gasteiger partial charge in [-0.3, -0.25) is 0 Å². The van der Waals surface area contributed by atoms with Crippen molar-refractivity contribution in [3.05, 3.63) is 30.3 Å². The summed E-state index contributed by atoms with van der Waals surface area (Å²) in [6, 6.07) is 9.40. The quantitative estimate of drug-likeness (QED) is 0.277. The molecule has 70 valence electrons. The molecule has 0 saturated heterocycles. The fraction of sp³-hybridized carbons (Fsp3) is 0.300. The van der Waals surface area contributed by atoms with E-state index >= 15 is 0 Å². The number of hydrogen-bond donors (Lipinski definition) is 0. The highest BCUT2D eigenvalue weighted by Gasteiger charge is 2.12. The Morgan fingerprint density at radius 3 is 2.23 bits per heavy atom. The van der Waals surface area contributed by atoms with Crippen LogP contribution in [0.25, 0.3) is 0 Å². The van der Waals surface area contributed by atoms with Crippen LogP contribution in [0.4, 0.5) is 10.1 Å². The highest BCUT2D eigenvalue weighted by molar-refractivity contribution is 5.67. The van der Waals surface area contributed by atoms with Crippen LogP contribution in [0.5, 0.6) is 0 Å². The summed E-state index contributed by atoms with van der Waals surface area (Å²) in [7, 11) is 5.05. The van der Waals surface area contributed by atoms with Crippen molar-refractivity contribution in [3.63, 3.8) is 0 Å². The van der Waals surface area contributed by atoms with Gasteiger partial charge in [-0.05, 0) is 12.1 Å². The molecule has 0 aromatic heterocycles. The fourth-order valence-corrected chi connectivity index (χ4v) is 1.06. The van der Waals surface area contributed by atoms with Gasteiger partial charge in [-0.1, -0.05) is 18.2 Å². The minimum absolute atomic E-state index is 0.272. The summed E-state index contributed by atoms with van der Waals surface area (Å²) in [5.41, 5.74) is 0.841. The van der Waals surface area contributed by atoms with Gasteiger partial charge in [-0.2, -0.15) is 0 Å². The molecule has 0 fully saturated rings. The maximum atomic E-state index is 13.4. The molecular formula is C10H14FN2+. The van der Waals surface area contributed by atoms with E-state index in [1.165, 1.54) is 9.48 Å². The minimum Gasteiger partial charge on any atom is -0.241 e. The highest BCUT2D eigenvalue weighted by Crippen LogP contribution is 2.09. The van der Waals surface area contributed by atoms with Crippen LogP contribution in [0.15, 0.2) is 30.3 Å². The van der Waals surface area contributed by atoms with Gasteiger partial charge in [0.2, 0.25) is 0 Å². The van der Waals surface area contributed by atoms with Crippen LogP contribution >= 0.6 is 0 Å². The summed E-state index contributed by atoms with van der Waals surface area (Å²) in [4.78, 5) is 1.44. The Kier molecular flexibility index (Phi) is 3.01. The molecule has 0 aliphatic rings. The lowest BCUT2D eigenvalue weighted by molar-refractivity contribution is -0.418. The SMILES string of the molecule is CN(C)C(F)=[N+](C)c1ccccc1. The second-order valence-electron chi connectivity index (χ2n) is 3.06. The number of para-hydroxylation sites is 1. The molecule has 1 rings (SSSR count). The molecule has 0 bridgehead atoms. The monoisotopic (exact) mass is 181 g/mol. The fourth-order valence-electron chi connectivity index (χ4n) is 1.06. The van der Waals surface area contributed by atoms with Crippen LogP contribution in [0.2, 0.25) is 0 Å². The normalized spacial score (nSPS) is 12.3. The van der Waals surface area contributed by atoms with Gasteiger partial charge in [-0.15, -0.1) is 4.39 Å². The third-order valence-electron chi connectivity index (χ3n) is 1.79. The minimum atomic E-state index is -0.272.